The molecule has 149 valence electrons. The molecule has 2 atom stereocenters. The van der Waals surface area contributed by atoms with Crippen LogP contribution in [-0.2, 0) is 18.8 Å². The number of Topliss-reactive ketones (excluding diaryl/α,β-unsaturated/α-hetero) is 1. The van der Waals surface area contributed by atoms with Crippen LogP contribution in [0.15, 0.2) is 30.3 Å². The first-order chi connectivity index (χ1) is 12.9. The van der Waals surface area contributed by atoms with Crippen LogP contribution < -0.4 is 0 Å². The summed E-state index contributed by atoms with van der Waals surface area (Å²) in [5, 5.41) is 0. The summed E-state index contributed by atoms with van der Waals surface area (Å²) in [6, 6.07) is 9.87. The van der Waals surface area contributed by atoms with Crippen LogP contribution in [0.2, 0.25) is 19.6 Å². The minimum atomic E-state index is -1.79. The Morgan fingerprint density at radius 2 is 1.85 bits per heavy atom. The highest BCUT2D eigenvalue weighted by atomic mass is 28.4. The van der Waals surface area contributed by atoms with E-state index >= 15 is 0 Å². The third kappa shape index (κ3) is 11.1. The minimum Gasteiger partial charge on any atom is -0.464 e. The molecular weight excluding hydrogens is 356 g/mol. The molecule has 27 heavy (non-hydrogen) atoms. The second kappa shape index (κ2) is 12.8. The molecule has 0 spiro atoms. The number of unbranched alkanes of at least 4 members (excludes halogenated alkanes) is 2. The van der Waals surface area contributed by atoms with E-state index in [9.17, 15) is 9.59 Å². The van der Waals surface area contributed by atoms with E-state index in [4.69, 9.17) is 9.16 Å². The van der Waals surface area contributed by atoms with Gasteiger partial charge < -0.3 is 9.16 Å². The fraction of sp³-hybridized carbons (Fsp3) is 0.500. The molecule has 0 saturated heterocycles. The molecule has 0 N–H and O–H groups in total. The molecule has 0 amide bonds. The Bertz CT molecular complexity index is 539. The van der Waals surface area contributed by atoms with Crippen molar-refractivity contribution in [1.29, 1.82) is 0 Å². The standard InChI is InChI=1S/C22H33O4Si/c1-5-6-8-15-21(25-18-23)16-11-14-20(24)17-22(26-27(2,3)4)19-12-9-7-10-13-19/h7,9-14,16,18,21-22H,5-6,8,15,17H2,1-4H3/t21-,22-/m1/s1. The van der Waals surface area contributed by atoms with Gasteiger partial charge in [0.2, 0.25) is 0 Å². The molecule has 1 aromatic carbocycles. The summed E-state index contributed by atoms with van der Waals surface area (Å²) < 4.78 is 11.3. The minimum absolute atomic E-state index is 0.00300. The SMILES string of the molecule is CCCCC[C@H]([CH][CH][CH]C(=O)C[C@@H](O[Si](C)(C)C)c1ccccc1)OC=O. The van der Waals surface area contributed by atoms with Gasteiger partial charge >= 0.3 is 0 Å². The predicted octanol–water partition coefficient (Wildman–Crippen LogP) is 5.27. The van der Waals surface area contributed by atoms with Crippen molar-refractivity contribution < 1.29 is 18.8 Å². The van der Waals surface area contributed by atoms with Gasteiger partial charge in [-0.05, 0) is 44.5 Å². The molecule has 4 nitrogen and oxygen atoms in total. The lowest BCUT2D eigenvalue weighted by Crippen LogP contribution is -2.29. The summed E-state index contributed by atoms with van der Waals surface area (Å²) in [5.74, 6) is -0.00300. The predicted molar refractivity (Wildman–Crippen MR) is 111 cm³/mol. The number of rotatable bonds is 15. The lowest BCUT2D eigenvalue weighted by molar-refractivity contribution is -0.132. The van der Waals surface area contributed by atoms with Crippen molar-refractivity contribution >= 4 is 20.6 Å². The summed E-state index contributed by atoms with van der Waals surface area (Å²) in [6.45, 7) is 8.96. The van der Waals surface area contributed by atoms with Gasteiger partial charge in [0.1, 0.15) is 11.9 Å². The van der Waals surface area contributed by atoms with E-state index in [0.717, 1.165) is 31.2 Å². The number of hydrogen-bond acceptors (Lipinski definition) is 4. The Hall–Kier alpha value is -1.46. The maximum Gasteiger partial charge on any atom is 0.293 e. The van der Waals surface area contributed by atoms with Gasteiger partial charge in [0.15, 0.2) is 8.32 Å². The summed E-state index contributed by atoms with van der Waals surface area (Å²) in [5.41, 5.74) is 1.02. The van der Waals surface area contributed by atoms with Gasteiger partial charge in [-0.25, -0.2) is 0 Å². The van der Waals surface area contributed by atoms with Gasteiger partial charge in [0, 0.05) is 19.3 Å². The van der Waals surface area contributed by atoms with Crippen LogP contribution >= 0.6 is 0 Å². The highest BCUT2D eigenvalue weighted by Gasteiger charge is 2.24. The van der Waals surface area contributed by atoms with E-state index in [2.05, 4.69) is 26.6 Å². The second-order valence-electron chi connectivity index (χ2n) is 7.62. The molecule has 0 aliphatic carbocycles. The second-order valence-corrected chi connectivity index (χ2v) is 12.1. The average molecular weight is 390 g/mol. The quantitative estimate of drug-likeness (QED) is 0.233. The first kappa shape index (κ1) is 23.6. The number of ketones is 1. The molecule has 0 aliphatic rings. The lowest BCUT2D eigenvalue weighted by atomic mass is 9.99. The summed E-state index contributed by atoms with van der Waals surface area (Å²) >= 11 is 0. The third-order valence-corrected chi connectivity index (χ3v) is 4.98. The topological polar surface area (TPSA) is 52.6 Å². The molecule has 0 fully saturated rings. The Balaban J connectivity index is 2.52. The molecule has 0 unspecified atom stereocenters. The van der Waals surface area contributed by atoms with Gasteiger partial charge in [0.25, 0.3) is 6.47 Å². The van der Waals surface area contributed by atoms with Crippen LogP contribution in [0.1, 0.15) is 50.7 Å². The largest absolute Gasteiger partial charge is 0.464 e. The first-order valence-corrected chi connectivity index (χ1v) is 13.1. The fourth-order valence-corrected chi connectivity index (χ4v) is 3.81. The van der Waals surface area contributed by atoms with Crippen molar-refractivity contribution in [2.24, 2.45) is 0 Å². The van der Waals surface area contributed by atoms with E-state index in [1.807, 2.05) is 30.3 Å². The monoisotopic (exact) mass is 389 g/mol. The van der Waals surface area contributed by atoms with Crippen LogP contribution in [0, 0.1) is 19.3 Å². The third-order valence-electron chi connectivity index (χ3n) is 3.98. The van der Waals surface area contributed by atoms with Crippen molar-refractivity contribution in [3.8, 4) is 0 Å². The molecular formula is C22H33O4Si. The lowest BCUT2D eigenvalue weighted by Gasteiger charge is -2.26. The van der Waals surface area contributed by atoms with Crippen LogP contribution in [-0.4, -0.2) is 26.7 Å². The smallest absolute Gasteiger partial charge is 0.293 e. The Morgan fingerprint density at radius 1 is 1.15 bits per heavy atom. The molecule has 0 bridgehead atoms. The van der Waals surface area contributed by atoms with Crippen molar-refractivity contribution in [2.45, 2.75) is 70.9 Å². The van der Waals surface area contributed by atoms with E-state index in [0.29, 0.717) is 12.9 Å². The van der Waals surface area contributed by atoms with Crippen LogP contribution in [0.3, 0.4) is 0 Å². The Morgan fingerprint density at radius 3 is 2.44 bits per heavy atom. The van der Waals surface area contributed by atoms with Gasteiger partial charge in [0.05, 0.1) is 6.10 Å². The Labute approximate surface area is 165 Å². The molecule has 0 saturated carbocycles. The molecule has 5 heteroatoms. The maximum atomic E-state index is 12.4. The van der Waals surface area contributed by atoms with Gasteiger partial charge in [-0.2, -0.15) is 0 Å². The Kier molecular flexibility index (Phi) is 11.2. The summed E-state index contributed by atoms with van der Waals surface area (Å²) in [7, 11) is -1.79. The summed E-state index contributed by atoms with van der Waals surface area (Å²) in [4.78, 5) is 23.1. The number of benzene rings is 1. The van der Waals surface area contributed by atoms with Crippen LogP contribution in [0.25, 0.3) is 0 Å². The zero-order valence-corrected chi connectivity index (χ0v) is 18.0. The zero-order chi connectivity index (χ0) is 20.1. The van der Waals surface area contributed by atoms with E-state index in [1.165, 1.54) is 0 Å². The van der Waals surface area contributed by atoms with Gasteiger partial charge in [-0.3, -0.25) is 9.59 Å². The molecule has 1 rings (SSSR count). The van der Waals surface area contributed by atoms with Gasteiger partial charge in [-0.1, -0.05) is 50.1 Å². The highest BCUT2D eigenvalue weighted by Crippen LogP contribution is 2.26. The maximum absolute atomic E-state index is 12.4. The molecule has 0 aliphatic heterocycles. The van der Waals surface area contributed by atoms with Gasteiger partial charge in [-0.15, -0.1) is 0 Å². The van der Waals surface area contributed by atoms with E-state index in [-0.39, 0.29) is 18.0 Å². The van der Waals surface area contributed by atoms with E-state index < -0.39 is 8.32 Å². The molecule has 1 aromatic rings. The average Bonchev–Trinajstić information content (AvgIpc) is 2.61. The molecule has 0 heterocycles. The number of ether oxygens (including phenoxy) is 1. The normalized spacial score (nSPS) is 13.8. The van der Waals surface area contributed by atoms with Crippen LogP contribution in [0.5, 0.6) is 0 Å². The van der Waals surface area contributed by atoms with Crippen molar-refractivity contribution in [2.75, 3.05) is 0 Å². The molecule has 3 radical (unpaired) electrons. The van der Waals surface area contributed by atoms with Crippen molar-refractivity contribution in [3.63, 3.8) is 0 Å². The van der Waals surface area contributed by atoms with Crippen molar-refractivity contribution in [1.82, 2.24) is 0 Å². The summed E-state index contributed by atoms with van der Waals surface area (Å²) in [6.07, 6.45) is 8.78. The van der Waals surface area contributed by atoms with Crippen molar-refractivity contribution in [3.05, 3.63) is 55.2 Å². The number of hydrogen-bond donors (Lipinski definition) is 0. The fourth-order valence-electron chi connectivity index (χ4n) is 2.74. The molecule has 0 aromatic heterocycles. The zero-order valence-electron chi connectivity index (χ0n) is 17.0. The highest BCUT2D eigenvalue weighted by molar-refractivity contribution is 6.69. The number of carbonyl (C=O) groups excluding carboxylic acids is 2. The first-order valence-electron chi connectivity index (χ1n) is 9.72. The van der Waals surface area contributed by atoms with Crippen LogP contribution in [0.4, 0.5) is 0 Å². The number of carbonyl (C=O) groups is 2. The van der Waals surface area contributed by atoms with E-state index in [1.54, 1.807) is 19.3 Å².